The summed E-state index contributed by atoms with van der Waals surface area (Å²) in [4.78, 5) is 0. The average Bonchev–Trinajstić information content (AvgIpc) is 2.83. The summed E-state index contributed by atoms with van der Waals surface area (Å²) < 4.78 is 7.52. The van der Waals surface area contributed by atoms with Gasteiger partial charge in [0.05, 0.1) is 17.3 Å². The number of aryl methyl sites for hydroxylation is 2. The summed E-state index contributed by atoms with van der Waals surface area (Å²) in [5.41, 5.74) is 7.91. The number of hydrogen-bond donors (Lipinski definition) is 1. The van der Waals surface area contributed by atoms with E-state index in [0.29, 0.717) is 0 Å². The van der Waals surface area contributed by atoms with Crippen LogP contribution in [0.1, 0.15) is 30.8 Å². The summed E-state index contributed by atoms with van der Waals surface area (Å²) in [6, 6.07) is 3.87. The van der Waals surface area contributed by atoms with Gasteiger partial charge in [-0.2, -0.15) is 5.10 Å². The molecule has 1 atom stereocenters. The molecule has 0 fully saturated rings. The van der Waals surface area contributed by atoms with Gasteiger partial charge in [0.25, 0.3) is 0 Å². The van der Waals surface area contributed by atoms with Gasteiger partial charge in [0.2, 0.25) is 0 Å². The van der Waals surface area contributed by atoms with Crippen molar-refractivity contribution in [3.8, 4) is 11.3 Å². The normalized spacial score (nSPS) is 13.0. The lowest BCUT2D eigenvalue weighted by Gasteiger charge is -2.03. The second-order valence-corrected chi connectivity index (χ2v) is 4.02. The highest BCUT2D eigenvalue weighted by Crippen LogP contribution is 2.27. The van der Waals surface area contributed by atoms with Crippen molar-refractivity contribution in [2.24, 2.45) is 12.8 Å². The highest BCUT2D eigenvalue weighted by molar-refractivity contribution is 5.59. The van der Waals surface area contributed by atoms with Crippen LogP contribution in [0.2, 0.25) is 0 Å². The lowest BCUT2D eigenvalue weighted by atomic mass is 10.2. The smallest absolute Gasteiger partial charge is 0.137 e. The van der Waals surface area contributed by atoms with E-state index in [1.54, 1.807) is 4.68 Å². The van der Waals surface area contributed by atoms with Crippen LogP contribution in [-0.2, 0) is 7.05 Å². The first kappa shape index (κ1) is 11.0. The fourth-order valence-corrected chi connectivity index (χ4v) is 1.74. The first-order valence-corrected chi connectivity index (χ1v) is 5.47. The molecule has 0 radical (unpaired) electrons. The maximum Gasteiger partial charge on any atom is 0.137 e. The maximum absolute atomic E-state index is 5.91. The zero-order chi connectivity index (χ0) is 11.7. The lowest BCUT2D eigenvalue weighted by Crippen LogP contribution is -2.06. The second kappa shape index (κ2) is 4.14. The molecule has 4 heteroatoms. The fraction of sp³-hybridized carbons (Fsp3) is 0.417. The van der Waals surface area contributed by atoms with Crippen LogP contribution < -0.4 is 5.73 Å². The molecule has 2 aromatic rings. The van der Waals surface area contributed by atoms with E-state index in [1.165, 1.54) is 0 Å². The first-order chi connectivity index (χ1) is 7.61. The van der Waals surface area contributed by atoms with Crippen LogP contribution in [0.15, 0.2) is 22.7 Å². The van der Waals surface area contributed by atoms with Crippen molar-refractivity contribution in [3.63, 3.8) is 0 Å². The van der Waals surface area contributed by atoms with Crippen molar-refractivity contribution < 1.29 is 4.42 Å². The van der Waals surface area contributed by atoms with E-state index in [1.807, 2.05) is 39.2 Å². The van der Waals surface area contributed by atoms with E-state index in [-0.39, 0.29) is 6.04 Å². The summed E-state index contributed by atoms with van der Waals surface area (Å²) in [6.45, 7) is 4.01. The number of nitrogens with zero attached hydrogens (tertiary/aromatic N) is 2. The number of furan rings is 1. The van der Waals surface area contributed by atoms with Crippen molar-refractivity contribution in [2.45, 2.75) is 26.3 Å². The van der Waals surface area contributed by atoms with Crippen LogP contribution in [0, 0.1) is 6.92 Å². The molecule has 0 saturated carbocycles. The molecule has 2 rings (SSSR count). The molecule has 0 amide bonds. The Balaban J connectivity index is 2.35. The third-order valence-electron chi connectivity index (χ3n) is 2.71. The van der Waals surface area contributed by atoms with Gasteiger partial charge >= 0.3 is 0 Å². The Labute approximate surface area is 95.1 Å². The van der Waals surface area contributed by atoms with Gasteiger partial charge in [-0.25, -0.2) is 0 Å². The number of aromatic nitrogens is 2. The van der Waals surface area contributed by atoms with Crippen molar-refractivity contribution in [2.75, 3.05) is 0 Å². The molecule has 0 aliphatic heterocycles. The van der Waals surface area contributed by atoms with E-state index in [9.17, 15) is 0 Å². The van der Waals surface area contributed by atoms with Gasteiger partial charge in [0, 0.05) is 13.2 Å². The minimum Gasteiger partial charge on any atom is -0.459 e. The molecular formula is C12H17N3O. The predicted octanol–water partition coefficient (Wildman–Crippen LogP) is 2.40. The van der Waals surface area contributed by atoms with E-state index in [0.717, 1.165) is 29.2 Å². The molecule has 4 nitrogen and oxygen atoms in total. The zero-order valence-corrected chi connectivity index (χ0v) is 9.90. The van der Waals surface area contributed by atoms with Crippen molar-refractivity contribution >= 4 is 0 Å². The second-order valence-electron chi connectivity index (χ2n) is 4.02. The molecule has 16 heavy (non-hydrogen) atoms. The Bertz CT molecular complexity index is 484. The molecule has 0 saturated heterocycles. The molecule has 0 aromatic carbocycles. The summed E-state index contributed by atoms with van der Waals surface area (Å²) >= 11 is 0. The van der Waals surface area contributed by atoms with Crippen LogP contribution in [0.25, 0.3) is 11.3 Å². The average molecular weight is 219 g/mol. The minimum atomic E-state index is -0.0225. The standard InChI is InChI=1S/C12H17N3O/c1-4-10(13)12-6-5-11(16-12)9-7-15(3)14-8(9)2/h5-7,10H,4,13H2,1-3H3. The Morgan fingerprint density at radius 2 is 2.25 bits per heavy atom. The SMILES string of the molecule is CCC(N)c1ccc(-c2cn(C)nc2C)o1. The monoisotopic (exact) mass is 219 g/mol. The van der Waals surface area contributed by atoms with Crippen LogP contribution in [0.5, 0.6) is 0 Å². The number of hydrogen-bond acceptors (Lipinski definition) is 3. The Hall–Kier alpha value is -1.55. The molecule has 1 unspecified atom stereocenters. The van der Waals surface area contributed by atoms with Gasteiger partial charge in [-0.1, -0.05) is 6.92 Å². The van der Waals surface area contributed by atoms with E-state index >= 15 is 0 Å². The van der Waals surface area contributed by atoms with E-state index < -0.39 is 0 Å². The van der Waals surface area contributed by atoms with Gasteiger partial charge in [0.1, 0.15) is 11.5 Å². The summed E-state index contributed by atoms with van der Waals surface area (Å²) in [7, 11) is 1.90. The number of nitrogens with two attached hydrogens (primary N) is 1. The zero-order valence-electron chi connectivity index (χ0n) is 9.90. The fourth-order valence-electron chi connectivity index (χ4n) is 1.74. The highest BCUT2D eigenvalue weighted by atomic mass is 16.3. The van der Waals surface area contributed by atoms with Crippen LogP contribution in [0.3, 0.4) is 0 Å². The van der Waals surface area contributed by atoms with Crippen molar-refractivity contribution in [1.82, 2.24) is 9.78 Å². The van der Waals surface area contributed by atoms with Gasteiger partial charge < -0.3 is 10.2 Å². The first-order valence-electron chi connectivity index (χ1n) is 5.47. The van der Waals surface area contributed by atoms with Gasteiger partial charge in [-0.05, 0) is 25.5 Å². The molecule has 2 N–H and O–H groups in total. The largest absolute Gasteiger partial charge is 0.459 e. The van der Waals surface area contributed by atoms with E-state index in [2.05, 4.69) is 5.10 Å². The molecule has 0 spiro atoms. The van der Waals surface area contributed by atoms with Crippen LogP contribution in [0.4, 0.5) is 0 Å². The summed E-state index contributed by atoms with van der Waals surface area (Å²) in [5, 5.41) is 4.29. The third-order valence-corrected chi connectivity index (χ3v) is 2.71. The van der Waals surface area contributed by atoms with Crippen LogP contribution >= 0.6 is 0 Å². The Kier molecular flexibility index (Phi) is 2.83. The Morgan fingerprint density at radius 3 is 2.81 bits per heavy atom. The topological polar surface area (TPSA) is 57.0 Å². The molecule has 0 aliphatic rings. The molecule has 2 aromatic heterocycles. The molecule has 86 valence electrons. The molecule has 0 bridgehead atoms. The number of rotatable bonds is 3. The molecular weight excluding hydrogens is 202 g/mol. The van der Waals surface area contributed by atoms with Crippen molar-refractivity contribution in [1.29, 1.82) is 0 Å². The lowest BCUT2D eigenvalue weighted by molar-refractivity contribution is 0.470. The summed E-state index contributed by atoms with van der Waals surface area (Å²) in [5.74, 6) is 1.67. The van der Waals surface area contributed by atoms with Gasteiger partial charge in [0.15, 0.2) is 0 Å². The van der Waals surface area contributed by atoms with Gasteiger partial charge in [-0.3, -0.25) is 4.68 Å². The molecule has 2 heterocycles. The summed E-state index contributed by atoms with van der Waals surface area (Å²) in [6.07, 6.45) is 2.83. The third kappa shape index (κ3) is 1.88. The van der Waals surface area contributed by atoms with E-state index in [4.69, 9.17) is 10.2 Å². The van der Waals surface area contributed by atoms with Crippen molar-refractivity contribution in [3.05, 3.63) is 29.8 Å². The Morgan fingerprint density at radius 1 is 1.50 bits per heavy atom. The van der Waals surface area contributed by atoms with Gasteiger partial charge in [-0.15, -0.1) is 0 Å². The predicted molar refractivity (Wildman–Crippen MR) is 62.9 cm³/mol. The van der Waals surface area contributed by atoms with Crippen LogP contribution in [-0.4, -0.2) is 9.78 Å². The minimum absolute atomic E-state index is 0.0225. The highest BCUT2D eigenvalue weighted by Gasteiger charge is 2.13. The molecule has 0 aliphatic carbocycles. The maximum atomic E-state index is 5.91. The quantitative estimate of drug-likeness (QED) is 0.862.